The van der Waals surface area contributed by atoms with Crippen LogP contribution in [0.5, 0.6) is 0 Å². The first-order chi connectivity index (χ1) is 14.3. The van der Waals surface area contributed by atoms with Crippen molar-refractivity contribution in [2.24, 2.45) is 5.92 Å². The van der Waals surface area contributed by atoms with Crippen molar-refractivity contribution in [1.29, 1.82) is 0 Å². The normalized spacial score (nSPS) is 11.8. The van der Waals surface area contributed by atoms with E-state index in [0.29, 0.717) is 25.9 Å². The summed E-state index contributed by atoms with van der Waals surface area (Å²) in [6.07, 6.45) is 0. The van der Waals surface area contributed by atoms with Crippen LogP contribution in [0.15, 0.2) is 48.5 Å². The summed E-state index contributed by atoms with van der Waals surface area (Å²) in [6.45, 7) is 3.66. The van der Waals surface area contributed by atoms with Crippen LogP contribution in [-0.2, 0) is 4.79 Å². The molecule has 10 heteroatoms. The van der Waals surface area contributed by atoms with Crippen LogP contribution in [0.1, 0.15) is 13.8 Å². The Morgan fingerprint density at radius 3 is 2.40 bits per heavy atom. The molecule has 0 bridgehead atoms. The van der Waals surface area contributed by atoms with E-state index in [1.165, 1.54) is 17.4 Å². The fourth-order valence-electron chi connectivity index (χ4n) is 2.58. The van der Waals surface area contributed by atoms with E-state index < -0.39 is 18.0 Å². The minimum atomic E-state index is -0.792. The van der Waals surface area contributed by atoms with Crippen molar-refractivity contribution >= 4 is 57.3 Å². The second-order valence-corrected chi connectivity index (χ2v) is 8.53. The van der Waals surface area contributed by atoms with Crippen molar-refractivity contribution in [3.63, 3.8) is 0 Å². The van der Waals surface area contributed by atoms with Gasteiger partial charge in [0.25, 0.3) is 0 Å². The van der Waals surface area contributed by atoms with Crippen LogP contribution in [0.2, 0.25) is 10.0 Å². The summed E-state index contributed by atoms with van der Waals surface area (Å²) in [6, 6.07) is 12.9. The Morgan fingerprint density at radius 1 is 1.00 bits per heavy atom. The number of halogens is 2. The van der Waals surface area contributed by atoms with Crippen molar-refractivity contribution in [2.75, 3.05) is 10.6 Å². The number of carbonyl (C=O) groups excluding carboxylic acids is 2. The fourth-order valence-corrected chi connectivity index (χ4v) is 3.79. The van der Waals surface area contributed by atoms with Crippen molar-refractivity contribution < 1.29 is 9.59 Å². The predicted molar refractivity (Wildman–Crippen MR) is 121 cm³/mol. The Morgan fingerprint density at radius 2 is 1.73 bits per heavy atom. The number of hydrogen-bond acceptors (Lipinski definition) is 5. The highest BCUT2D eigenvalue weighted by molar-refractivity contribution is 7.18. The molecule has 3 aromatic rings. The lowest BCUT2D eigenvalue weighted by Crippen LogP contribution is -2.48. The van der Waals surface area contributed by atoms with E-state index in [0.717, 1.165) is 5.56 Å². The Balaban J connectivity index is 1.65. The van der Waals surface area contributed by atoms with E-state index in [2.05, 4.69) is 26.1 Å². The van der Waals surface area contributed by atoms with Crippen LogP contribution in [0.4, 0.5) is 15.6 Å². The fraction of sp³-hybridized carbons (Fsp3) is 0.200. The highest BCUT2D eigenvalue weighted by atomic mass is 35.5. The maximum Gasteiger partial charge on any atom is 0.319 e. The molecule has 0 spiro atoms. The summed E-state index contributed by atoms with van der Waals surface area (Å²) in [4.78, 5) is 25.1. The second-order valence-electron chi connectivity index (χ2n) is 6.71. The van der Waals surface area contributed by atoms with Gasteiger partial charge in [0.1, 0.15) is 11.0 Å². The van der Waals surface area contributed by atoms with Gasteiger partial charge in [-0.25, -0.2) is 4.79 Å². The largest absolute Gasteiger partial charge is 0.326 e. The summed E-state index contributed by atoms with van der Waals surface area (Å²) in [5, 5.41) is 17.9. The van der Waals surface area contributed by atoms with E-state index in [9.17, 15) is 9.59 Å². The number of aromatic nitrogens is 2. The van der Waals surface area contributed by atoms with Gasteiger partial charge in [-0.3, -0.25) is 10.1 Å². The molecule has 3 rings (SSSR count). The lowest BCUT2D eigenvalue weighted by Gasteiger charge is -2.21. The molecule has 1 aromatic heterocycles. The summed E-state index contributed by atoms with van der Waals surface area (Å²) >= 11 is 13.2. The van der Waals surface area contributed by atoms with E-state index in [1.807, 2.05) is 44.2 Å². The molecule has 7 nitrogen and oxygen atoms in total. The number of benzene rings is 2. The summed E-state index contributed by atoms with van der Waals surface area (Å²) in [5.74, 6) is -0.559. The minimum Gasteiger partial charge on any atom is -0.326 e. The number of rotatable bonds is 6. The van der Waals surface area contributed by atoms with Gasteiger partial charge in [0, 0.05) is 10.6 Å². The summed E-state index contributed by atoms with van der Waals surface area (Å²) in [5.41, 5.74) is 1.30. The zero-order chi connectivity index (χ0) is 21.7. The quantitative estimate of drug-likeness (QED) is 0.462. The molecule has 0 radical (unpaired) electrons. The topological polar surface area (TPSA) is 96.0 Å². The molecule has 30 heavy (non-hydrogen) atoms. The van der Waals surface area contributed by atoms with Crippen molar-refractivity contribution in [1.82, 2.24) is 15.5 Å². The van der Waals surface area contributed by atoms with E-state index >= 15 is 0 Å². The van der Waals surface area contributed by atoms with Crippen LogP contribution in [-0.4, -0.2) is 28.2 Å². The molecule has 0 saturated heterocycles. The first-order valence-corrected chi connectivity index (χ1v) is 10.6. The average Bonchev–Trinajstić information content (AvgIpc) is 3.17. The van der Waals surface area contributed by atoms with Gasteiger partial charge in [-0.2, -0.15) is 0 Å². The number of hydrogen-bond donors (Lipinski definition) is 3. The molecule has 0 fully saturated rings. The smallest absolute Gasteiger partial charge is 0.319 e. The Kier molecular flexibility index (Phi) is 7.25. The molecule has 1 atom stereocenters. The van der Waals surface area contributed by atoms with E-state index in [-0.39, 0.29) is 5.92 Å². The van der Waals surface area contributed by atoms with Crippen LogP contribution < -0.4 is 16.0 Å². The van der Waals surface area contributed by atoms with Gasteiger partial charge >= 0.3 is 6.03 Å². The molecule has 1 unspecified atom stereocenters. The predicted octanol–water partition coefficient (Wildman–Crippen LogP) is 5.30. The molecule has 0 aliphatic rings. The highest BCUT2D eigenvalue weighted by Crippen LogP contribution is 2.27. The molecule has 0 aliphatic heterocycles. The van der Waals surface area contributed by atoms with Gasteiger partial charge in [0.15, 0.2) is 0 Å². The van der Waals surface area contributed by atoms with Crippen molar-refractivity contribution in [2.45, 2.75) is 19.9 Å². The first kappa shape index (κ1) is 22.0. The van der Waals surface area contributed by atoms with E-state index in [1.54, 1.807) is 12.1 Å². The zero-order valence-electron chi connectivity index (χ0n) is 16.1. The maximum atomic E-state index is 12.7. The van der Waals surface area contributed by atoms with Crippen molar-refractivity contribution in [3.8, 4) is 10.6 Å². The standard InChI is InChI=1S/C20H19Cl2N5O2S/c1-11(2)16(24-19(29)23-15-9-8-13(21)10-14(15)22)17(28)25-20-27-26-18(30-20)12-6-4-3-5-7-12/h3-11,16H,1-2H3,(H2,23,24,29)(H,25,27,28). The Bertz CT molecular complexity index is 1040. The Labute approximate surface area is 187 Å². The second kappa shape index (κ2) is 9.88. The van der Waals surface area contributed by atoms with Gasteiger partial charge in [-0.05, 0) is 24.1 Å². The van der Waals surface area contributed by atoms with Crippen LogP contribution in [0, 0.1) is 5.92 Å². The number of nitrogens with zero attached hydrogens (tertiary/aromatic N) is 2. The SMILES string of the molecule is CC(C)C(NC(=O)Nc1ccc(Cl)cc1Cl)C(=O)Nc1nnc(-c2ccccc2)s1. The number of anilines is 2. The summed E-state index contributed by atoms with van der Waals surface area (Å²) in [7, 11) is 0. The van der Waals surface area contributed by atoms with Crippen LogP contribution in [0.25, 0.3) is 10.6 Å². The third-order valence-corrected chi connectivity index (χ3v) is 5.53. The van der Waals surface area contributed by atoms with Gasteiger partial charge in [0.2, 0.25) is 11.0 Å². The molecule has 2 aromatic carbocycles. The number of nitrogens with one attached hydrogen (secondary N) is 3. The van der Waals surface area contributed by atoms with Crippen molar-refractivity contribution in [3.05, 3.63) is 58.6 Å². The molecule has 0 aliphatic carbocycles. The highest BCUT2D eigenvalue weighted by Gasteiger charge is 2.25. The molecular weight excluding hydrogens is 445 g/mol. The number of urea groups is 1. The average molecular weight is 464 g/mol. The summed E-state index contributed by atoms with van der Waals surface area (Å²) < 4.78 is 0. The van der Waals surface area contributed by atoms with Crippen LogP contribution >= 0.6 is 34.5 Å². The molecule has 3 amide bonds. The molecule has 3 N–H and O–H groups in total. The molecular formula is C20H19Cl2N5O2S. The number of carbonyl (C=O) groups is 2. The molecule has 156 valence electrons. The third-order valence-electron chi connectivity index (χ3n) is 4.09. The van der Waals surface area contributed by atoms with E-state index in [4.69, 9.17) is 23.2 Å². The first-order valence-electron chi connectivity index (χ1n) is 9.06. The molecule has 1 heterocycles. The van der Waals surface area contributed by atoms with Crippen LogP contribution in [0.3, 0.4) is 0 Å². The van der Waals surface area contributed by atoms with Gasteiger partial charge < -0.3 is 10.6 Å². The lowest BCUT2D eigenvalue weighted by molar-refractivity contribution is -0.118. The maximum absolute atomic E-state index is 12.7. The Hall–Kier alpha value is -2.68. The third kappa shape index (κ3) is 5.69. The number of amides is 3. The molecule has 0 saturated carbocycles. The van der Waals surface area contributed by atoms with Gasteiger partial charge in [-0.15, -0.1) is 10.2 Å². The van der Waals surface area contributed by atoms with Gasteiger partial charge in [0.05, 0.1) is 10.7 Å². The lowest BCUT2D eigenvalue weighted by atomic mass is 10.0. The van der Waals surface area contributed by atoms with Gasteiger partial charge in [-0.1, -0.05) is 78.7 Å². The zero-order valence-corrected chi connectivity index (χ0v) is 18.5. The monoisotopic (exact) mass is 463 g/mol. The minimum absolute atomic E-state index is 0.169.